The van der Waals surface area contributed by atoms with E-state index in [4.69, 9.17) is 5.11 Å². The van der Waals surface area contributed by atoms with Gasteiger partial charge in [-0.05, 0) is 42.0 Å². The average Bonchev–Trinajstić information content (AvgIpc) is 2.72. The van der Waals surface area contributed by atoms with Gasteiger partial charge >= 0.3 is 5.97 Å². The summed E-state index contributed by atoms with van der Waals surface area (Å²) in [5.74, 6) is -1.32. The highest BCUT2D eigenvalue weighted by atomic mass is 32.2. The van der Waals surface area contributed by atoms with Crippen LogP contribution >= 0.6 is 11.8 Å². The van der Waals surface area contributed by atoms with Gasteiger partial charge in [0.2, 0.25) is 0 Å². The number of nitrogens with zero attached hydrogens (tertiary/aromatic N) is 1. The van der Waals surface area contributed by atoms with Crippen LogP contribution in [0.2, 0.25) is 0 Å². The number of fused-ring (bicyclic) bond motifs is 2. The minimum Gasteiger partial charge on any atom is -0.478 e. The zero-order valence-electron chi connectivity index (χ0n) is 14.5. The van der Waals surface area contributed by atoms with Gasteiger partial charge in [0, 0.05) is 9.79 Å². The van der Waals surface area contributed by atoms with Crippen LogP contribution in [0.5, 0.6) is 0 Å². The first-order valence-corrected chi connectivity index (χ1v) is 9.27. The number of para-hydroxylation sites is 2. The molecule has 3 aromatic rings. The maximum atomic E-state index is 12.6. The maximum Gasteiger partial charge on any atom is 0.335 e. The van der Waals surface area contributed by atoms with E-state index < -0.39 is 5.97 Å². The summed E-state index contributed by atoms with van der Waals surface area (Å²) in [7, 11) is 0. The smallest absolute Gasteiger partial charge is 0.335 e. The Hall–Kier alpha value is -3.58. The third kappa shape index (κ3) is 3.60. The van der Waals surface area contributed by atoms with Gasteiger partial charge in [-0.15, -0.1) is 0 Å². The third-order valence-corrected chi connectivity index (χ3v) is 5.31. The van der Waals surface area contributed by atoms with Crippen molar-refractivity contribution in [2.45, 2.75) is 9.79 Å². The van der Waals surface area contributed by atoms with Gasteiger partial charge in [-0.25, -0.2) is 10.2 Å². The van der Waals surface area contributed by atoms with E-state index in [2.05, 4.69) is 15.8 Å². The molecule has 7 heteroatoms. The molecule has 4 rings (SSSR count). The van der Waals surface area contributed by atoms with Crippen LogP contribution in [0.3, 0.4) is 0 Å². The van der Waals surface area contributed by atoms with Gasteiger partial charge in [0.05, 0.1) is 28.7 Å². The summed E-state index contributed by atoms with van der Waals surface area (Å²) in [5, 5.41) is 16.2. The number of carbonyl (C=O) groups excluding carboxylic acids is 1. The Bertz CT molecular complexity index is 1090. The Morgan fingerprint density at radius 1 is 0.964 bits per heavy atom. The molecular weight excluding hydrogens is 374 g/mol. The zero-order valence-corrected chi connectivity index (χ0v) is 15.4. The second kappa shape index (κ2) is 7.58. The summed E-state index contributed by atoms with van der Waals surface area (Å²) in [6, 6.07) is 19.7. The fourth-order valence-corrected chi connectivity index (χ4v) is 3.81. The summed E-state index contributed by atoms with van der Waals surface area (Å²) in [4.78, 5) is 25.6. The fourth-order valence-electron chi connectivity index (χ4n) is 2.78. The SMILES string of the molecule is O=C(O)c1ccc(/C=N/NC(=O)c2cccc3c2Nc2ccccc2S3)cc1. The van der Waals surface area contributed by atoms with E-state index >= 15 is 0 Å². The summed E-state index contributed by atoms with van der Waals surface area (Å²) in [6.45, 7) is 0. The van der Waals surface area contributed by atoms with Gasteiger partial charge in [0.25, 0.3) is 5.91 Å². The lowest BCUT2D eigenvalue weighted by atomic mass is 10.1. The van der Waals surface area contributed by atoms with Crippen LogP contribution in [0.25, 0.3) is 0 Å². The molecule has 1 aliphatic heterocycles. The number of amides is 1. The van der Waals surface area contributed by atoms with Crippen molar-refractivity contribution in [2.75, 3.05) is 5.32 Å². The first-order chi connectivity index (χ1) is 13.6. The lowest BCUT2D eigenvalue weighted by Gasteiger charge is -2.22. The summed E-state index contributed by atoms with van der Waals surface area (Å²) in [5.41, 5.74) is 5.62. The number of hydrogen-bond acceptors (Lipinski definition) is 5. The third-order valence-electron chi connectivity index (χ3n) is 4.17. The van der Waals surface area contributed by atoms with Crippen LogP contribution in [0, 0.1) is 0 Å². The Balaban J connectivity index is 1.50. The number of carbonyl (C=O) groups is 2. The predicted molar refractivity (Wildman–Crippen MR) is 109 cm³/mol. The van der Waals surface area contributed by atoms with Crippen molar-refractivity contribution in [1.82, 2.24) is 5.43 Å². The second-order valence-corrected chi connectivity index (χ2v) is 7.11. The molecule has 3 N–H and O–H groups in total. The number of carboxylic acids is 1. The molecule has 138 valence electrons. The zero-order chi connectivity index (χ0) is 19.5. The number of hydrogen-bond donors (Lipinski definition) is 3. The van der Waals surface area contributed by atoms with Gasteiger partial charge in [0.1, 0.15) is 0 Å². The van der Waals surface area contributed by atoms with E-state index in [-0.39, 0.29) is 11.5 Å². The number of nitrogens with one attached hydrogen (secondary N) is 2. The highest BCUT2D eigenvalue weighted by Crippen LogP contribution is 2.45. The first-order valence-electron chi connectivity index (χ1n) is 8.45. The molecule has 0 saturated heterocycles. The van der Waals surface area contributed by atoms with E-state index in [0.717, 1.165) is 21.2 Å². The molecule has 0 saturated carbocycles. The van der Waals surface area contributed by atoms with Gasteiger partial charge in [-0.3, -0.25) is 4.79 Å². The molecule has 0 atom stereocenters. The van der Waals surface area contributed by atoms with Gasteiger partial charge in [0.15, 0.2) is 0 Å². The lowest BCUT2D eigenvalue weighted by molar-refractivity contribution is 0.0696. The van der Waals surface area contributed by atoms with Gasteiger partial charge in [-0.1, -0.05) is 42.1 Å². The van der Waals surface area contributed by atoms with Crippen LogP contribution in [0.15, 0.2) is 81.6 Å². The topological polar surface area (TPSA) is 90.8 Å². The van der Waals surface area contributed by atoms with Crippen LogP contribution in [-0.4, -0.2) is 23.2 Å². The number of aromatic carboxylic acids is 1. The molecule has 0 fully saturated rings. The number of benzene rings is 3. The summed E-state index contributed by atoms with van der Waals surface area (Å²) < 4.78 is 0. The molecule has 0 aromatic heterocycles. The molecule has 6 nitrogen and oxygen atoms in total. The van der Waals surface area contributed by atoms with Crippen molar-refractivity contribution in [2.24, 2.45) is 5.10 Å². The van der Waals surface area contributed by atoms with E-state index in [1.54, 1.807) is 30.0 Å². The molecule has 1 amide bonds. The molecular formula is C21H15N3O3S. The minimum atomic E-state index is -0.988. The van der Waals surface area contributed by atoms with E-state index in [9.17, 15) is 9.59 Å². The van der Waals surface area contributed by atoms with Crippen LogP contribution in [0.4, 0.5) is 11.4 Å². The van der Waals surface area contributed by atoms with Crippen LogP contribution < -0.4 is 10.7 Å². The van der Waals surface area contributed by atoms with Crippen molar-refractivity contribution in [3.63, 3.8) is 0 Å². The standard InChI is InChI=1S/C21H15N3O3S/c25-20(24-22-12-13-8-10-14(11-9-13)21(26)27)15-4-3-7-18-19(15)23-16-5-1-2-6-17(16)28-18/h1-12,23H,(H,24,25)(H,26,27)/b22-12+. The Kier molecular flexibility index (Phi) is 4.82. The Labute approximate surface area is 165 Å². The maximum absolute atomic E-state index is 12.6. The lowest BCUT2D eigenvalue weighted by Crippen LogP contribution is -2.19. The van der Waals surface area contributed by atoms with Crippen LogP contribution in [0.1, 0.15) is 26.3 Å². The van der Waals surface area contributed by atoms with Crippen molar-refractivity contribution in [3.8, 4) is 0 Å². The average molecular weight is 389 g/mol. The Morgan fingerprint density at radius 3 is 2.50 bits per heavy atom. The monoisotopic (exact) mass is 389 g/mol. The highest BCUT2D eigenvalue weighted by molar-refractivity contribution is 7.99. The molecule has 3 aromatic carbocycles. The largest absolute Gasteiger partial charge is 0.478 e. The van der Waals surface area contributed by atoms with Crippen molar-refractivity contribution in [3.05, 3.63) is 83.4 Å². The minimum absolute atomic E-state index is 0.195. The van der Waals surface area contributed by atoms with Crippen LogP contribution in [-0.2, 0) is 0 Å². The van der Waals surface area contributed by atoms with Crippen molar-refractivity contribution < 1.29 is 14.7 Å². The first kappa shape index (κ1) is 17.8. The van der Waals surface area contributed by atoms with E-state index in [0.29, 0.717) is 11.1 Å². The summed E-state index contributed by atoms with van der Waals surface area (Å²) in [6.07, 6.45) is 1.47. The number of anilines is 2. The fraction of sp³-hybridized carbons (Fsp3) is 0. The van der Waals surface area contributed by atoms with E-state index in [1.165, 1.54) is 18.3 Å². The molecule has 0 radical (unpaired) electrons. The number of hydrazone groups is 1. The van der Waals surface area contributed by atoms with Gasteiger partial charge in [-0.2, -0.15) is 5.10 Å². The molecule has 1 aliphatic rings. The predicted octanol–water partition coefficient (Wildman–Crippen LogP) is 4.36. The number of rotatable bonds is 4. The second-order valence-electron chi connectivity index (χ2n) is 6.03. The normalized spacial score (nSPS) is 12.0. The summed E-state index contributed by atoms with van der Waals surface area (Å²) >= 11 is 1.61. The molecule has 0 bridgehead atoms. The molecule has 28 heavy (non-hydrogen) atoms. The molecule has 1 heterocycles. The number of carboxylic acid groups (broad SMARTS) is 1. The quantitative estimate of drug-likeness (QED) is 0.356. The van der Waals surface area contributed by atoms with Crippen molar-refractivity contribution >= 4 is 41.2 Å². The molecule has 0 aliphatic carbocycles. The highest BCUT2D eigenvalue weighted by Gasteiger charge is 2.20. The van der Waals surface area contributed by atoms with Gasteiger partial charge < -0.3 is 10.4 Å². The molecule has 0 spiro atoms. The Morgan fingerprint density at radius 2 is 1.71 bits per heavy atom. The van der Waals surface area contributed by atoms with E-state index in [1.807, 2.05) is 36.4 Å². The van der Waals surface area contributed by atoms with Crippen molar-refractivity contribution in [1.29, 1.82) is 0 Å². The molecule has 0 unspecified atom stereocenters.